The molecule has 0 bridgehead atoms. The predicted molar refractivity (Wildman–Crippen MR) is 63.5 cm³/mol. The van der Waals surface area contributed by atoms with Crippen molar-refractivity contribution in [3.8, 4) is 6.07 Å². The maximum Gasteiger partial charge on any atom is 0.338 e. The van der Waals surface area contributed by atoms with E-state index in [2.05, 4.69) is 4.74 Å². The van der Waals surface area contributed by atoms with Crippen LogP contribution in [-0.4, -0.2) is 28.9 Å². The molecule has 5 heteroatoms. The van der Waals surface area contributed by atoms with Crippen molar-refractivity contribution < 1.29 is 19.7 Å². The third-order valence-electron chi connectivity index (χ3n) is 2.54. The Morgan fingerprint density at radius 2 is 2.17 bits per heavy atom. The molecule has 0 saturated heterocycles. The third-order valence-corrected chi connectivity index (χ3v) is 2.54. The van der Waals surface area contributed by atoms with Crippen LogP contribution in [0.3, 0.4) is 0 Å². The van der Waals surface area contributed by atoms with E-state index >= 15 is 0 Å². The Labute approximate surface area is 105 Å². The van der Waals surface area contributed by atoms with Gasteiger partial charge in [0.05, 0.1) is 18.2 Å². The summed E-state index contributed by atoms with van der Waals surface area (Å²) in [6.45, 7) is 3.44. The fraction of sp³-hybridized carbons (Fsp3) is 0.385. The first-order chi connectivity index (χ1) is 8.51. The summed E-state index contributed by atoms with van der Waals surface area (Å²) in [5, 5.41) is 28.3. The quantitative estimate of drug-likeness (QED) is 0.771. The van der Waals surface area contributed by atoms with Gasteiger partial charge in [0.2, 0.25) is 0 Å². The normalized spacial score (nSPS) is 13.5. The van der Waals surface area contributed by atoms with Crippen LogP contribution in [-0.2, 0) is 9.53 Å². The second kappa shape index (κ2) is 6.15. The number of aliphatic hydroxyl groups is 2. The molecule has 1 aromatic rings. The smallest absolute Gasteiger partial charge is 0.338 e. The van der Waals surface area contributed by atoms with E-state index < -0.39 is 18.2 Å². The lowest BCUT2D eigenvalue weighted by atomic mass is 9.98. The van der Waals surface area contributed by atoms with Crippen LogP contribution in [0, 0.1) is 18.3 Å². The molecule has 0 aliphatic heterocycles. The Hall–Kier alpha value is -1.90. The molecule has 96 valence electrons. The van der Waals surface area contributed by atoms with Crippen molar-refractivity contribution in [1.82, 2.24) is 0 Å². The summed E-state index contributed by atoms with van der Waals surface area (Å²) < 4.78 is 4.63. The minimum atomic E-state index is -1.63. The first-order valence-electron chi connectivity index (χ1n) is 5.54. The molecule has 1 rings (SSSR count). The summed E-state index contributed by atoms with van der Waals surface area (Å²) in [5.41, 5.74) is 1.48. The fourth-order valence-electron chi connectivity index (χ4n) is 1.60. The number of carbonyl (C=O) groups excluding carboxylic acids is 1. The molecule has 1 aromatic carbocycles. The minimum absolute atomic E-state index is 0.134. The van der Waals surface area contributed by atoms with Crippen molar-refractivity contribution in [3.63, 3.8) is 0 Å². The molecule has 0 aliphatic rings. The topological polar surface area (TPSA) is 90.6 Å². The third kappa shape index (κ3) is 3.06. The number of carbonyl (C=O) groups is 1. The molecular weight excluding hydrogens is 234 g/mol. The molecule has 0 amide bonds. The lowest BCUT2D eigenvalue weighted by molar-refractivity contribution is -0.159. The average Bonchev–Trinajstić information content (AvgIpc) is 2.37. The Morgan fingerprint density at radius 1 is 1.50 bits per heavy atom. The molecule has 0 spiro atoms. The zero-order valence-electron chi connectivity index (χ0n) is 10.3. The highest BCUT2D eigenvalue weighted by atomic mass is 16.5. The van der Waals surface area contributed by atoms with E-state index in [0.29, 0.717) is 16.7 Å². The number of aliphatic hydroxyl groups excluding tert-OH is 2. The van der Waals surface area contributed by atoms with Crippen LogP contribution in [0.1, 0.15) is 29.7 Å². The van der Waals surface area contributed by atoms with Crippen LogP contribution >= 0.6 is 0 Å². The summed E-state index contributed by atoms with van der Waals surface area (Å²) in [4.78, 5) is 11.3. The Morgan fingerprint density at radius 3 is 2.67 bits per heavy atom. The minimum Gasteiger partial charge on any atom is -0.464 e. The summed E-state index contributed by atoms with van der Waals surface area (Å²) in [6, 6.07) is 6.58. The summed E-state index contributed by atoms with van der Waals surface area (Å²) in [6.07, 6.45) is -2.99. The Kier molecular flexibility index (Phi) is 4.84. The lowest BCUT2D eigenvalue weighted by Crippen LogP contribution is -2.30. The van der Waals surface area contributed by atoms with E-state index in [1.807, 2.05) is 6.07 Å². The van der Waals surface area contributed by atoms with Crippen molar-refractivity contribution in [2.24, 2.45) is 0 Å². The molecule has 5 nitrogen and oxygen atoms in total. The van der Waals surface area contributed by atoms with Gasteiger partial charge in [-0.15, -0.1) is 0 Å². The zero-order chi connectivity index (χ0) is 13.7. The molecule has 0 aliphatic carbocycles. The molecule has 0 fully saturated rings. The maximum absolute atomic E-state index is 11.3. The van der Waals surface area contributed by atoms with Crippen molar-refractivity contribution in [1.29, 1.82) is 5.26 Å². The van der Waals surface area contributed by atoms with E-state index in [9.17, 15) is 15.0 Å². The van der Waals surface area contributed by atoms with Gasteiger partial charge in [-0.1, -0.05) is 6.07 Å². The van der Waals surface area contributed by atoms with Gasteiger partial charge >= 0.3 is 5.97 Å². The van der Waals surface area contributed by atoms with E-state index in [4.69, 9.17) is 5.26 Å². The van der Waals surface area contributed by atoms with Gasteiger partial charge in [0.25, 0.3) is 0 Å². The average molecular weight is 249 g/mol. The highest BCUT2D eigenvalue weighted by Crippen LogP contribution is 2.22. The van der Waals surface area contributed by atoms with Crippen LogP contribution in [0.4, 0.5) is 0 Å². The monoisotopic (exact) mass is 249 g/mol. The van der Waals surface area contributed by atoms with Crippen LogP contribution in [0.2, 0.25) is 0 Å². The predicted octanol–water partition coefficient (Wildman–Crippen LogP) is 0.824. The molecule has 0 saturated carbocycles. The second-order valence-electron chi connectivity index (χ2n) is 3.82. The van der Waals surface area contributed by atoms with Crippen LogP contribution in [0.15, 0.2) is 18.2 Å². The number of nitrogens with zero attached hydrogens (tertiary/aromatic N) is 1. The number of ether oxygens (including phenoxy) is 1. The first kappa shape index (κ1) is 14.2. The van der Waals surface area contributed by atoms with Crippen LogP contribution in [0.25, 0.3) is 0 Å². The largest absolute Gasteiger partial charge is 0.464 e. The number of hydrogen-bond acceptors (Lipinski definition) is 5. The summed E-state index contributed by atoms with van der Waals surface area (Å²) in [7, 11) is 0. The SMILES string of the molecule is CCOC(=O)C(O)C(O)c1ccc(C#N)cc1C. The van der Waals surface area contributed by atoms with Crippen molar-refractivity contribution >= 4 is 5.97 Å². The van der Waals surface area contributed by atoms with Gasteiger partial charge in [0, 0.05) is 0 Å². The van der Waals surface area contributed by atoms with Gasteiger partial charge in [0.15, 0.2) is 6.10 Å². The van der Waals surface area contributed by atoms with E-state index in [0.717, 1.165) is 0 Å². The van der Waals surface area contributed by atoms with Crippen molar-refractivity contribution in [2.75, 3.05) is 6.61 Å². The van der Waals surface area contributed by atoms with Gasteiger partial charge in [-0.05, 0) is 37.1 Å². The standard InChI is InChI=1S/C13H15NO4/c1-3-18-13(17)12(16)11(15)10-5-4-9(7-14)6-8(10)2/h4-6,11-12,15-16H,3H2,1-2H3. The number of nitriles is 1. The maximum atomic E-state index is 11.3. The number of esters is 1. The van der Waals surface area contributed by atoms with Gasteiger partial charge < -0.3 is 14.9 Å². The highest BCUT2D eigenvalue weighted by Gasteiger charge is 2.27. The molecule has 0 radical (unpaired) electrons. The van der Waals surface area contributed by atoms with E-state index in [1.54, 1.807) is 19.9 Å². The molecule has 2 unspecified atom stereocenters. The van der Waals surface area contributed by atoms with Crippen LogP contribution < -0.4 is 0 Å². The van der Waals surface area contributed by atoms with Crippen LogP contribution in [0.5, 0.6) is 0 Å². The molecule has 0 aromatic heterocycles. The highest BCUT2D eigenvalue weighted by molar-refractivity contribution is 5.75. The fourth-order valence-corrected chi connectivity index (χ4v) is 1.60. The van der Waals surface area contributed by atoms with Gasteiger partial charge in [-0.2, -0.15) is 5.26 Å². The molecule has 0 heterocycles. The molecular formula is C13H15NO4. The number of hydrogen-bond donors (Lipinski definition) is 2. The van der Waals surface area contributed by atoms with Gasteiger partial charge in [-0.3, -0.25) is 0 Å². The Bertz CT molecular complexity index is 478. The number of benzene rings is 1. The van der Waals surface area contributed by atoms with E-state index in [-0.39, 0.29) is 6.61 Å². The zero-order valence-corrected chi connectivity index (χ0v) is 10.3. The van der Waals surface area contributed by atoms with Gasteiger partial charge in [0.1, 0.15) is 6.10 Å². The van der Waals surface area contributed by atoms with E-state index in [1.165, 1.54) is 12.1 Å². The summed E-state index contributed by atoms with van der Waals surface area (Å²) >= 11 is 0. The molecule has 2 N–H and O–H groups in total. The molecule has 2 atom stereocenters. The number of aryl methyl sites for hydroxylation is 1. The first-order valence-corrected chi connectivity index (χ1v) is 5.54. The Balaban J connectivity index is 2.94. The second-order valence-corrected chi connectivity index (χ2v) is 3.82. The van der Waals surface area contributed by atoms with Crippen molar-refractivity contribution in [2.45, 2.75) is 26.1 Å². The van der Waals surface area contributed by atoms with Gasteiger partial charge in [-0.25, -0.2) is 4.79 Å². The lowest BCUT2D eigenvalue weighted by Gasteiger charge is -2.18. The van der Waals surface area contributed by atoms with Crippen molar-refractivity contribution in [3.05, 3.63) is 34.9 Å². The summed E-state index contributed by atoms with van der Waals surface area (Å²) in [5.74, 6) is -0.867. The molecule has 18 heavy (non-hydrogen) atoms. The number of rotatable bonds is 4.